The molecular formula is C97H91Cl8F7N8O15S4. The summed E-state index contributed by atoms with van der Waals surface area (Å²) in [5.74, 6) is -10.2. The first-order chi connectivity index (χ1) is 66.3. The number of likely N-dealkylation sites (tertiary alicyclic amines) is 4. The van der Waals surface area contributed by atoms with Crippen LogP contribution in [0.1, 0.15) is 101 Å². The number of esters is 2. The largest absolute Gasteiger partial charge is 0.479 e. The fourth-order valence-corrected chi connectivity index (χ4v) is 19.4. The summed E-state index contributed by atoms with van der Waals surface area (Å²) in [6, 6.07) is 37.0. The molecule has 8 aromatic rings. The lowest BCUT2D eigenvalue weighted by atomic mass is 10.0. The number of carbonyl (C=O) groups excluding carboxylic acids is 11. The van der Waals surface area contributed by atoms with E-state index >= 15 is 0 Å². The summed E-state index contributed by atoms with van der Waals surface area (Å²) in [7, 11) is 0. The highest BCUT2D eigenvalue weighted by molar-refractivity contribution is 8.00. The van der Waals surface area contributed by atoms with Crippen molar-refractivity contribution in [3.05, 3.63) is 256 Å². The first-order valence-electron chi connectivity index (χ1n) is 43.0. The molecule has 4 aliphatic heterocycles. The summed E-state index contributed by atoms with van der Waals surface area (Å²) in [6.45, 7) is 7.47. The Morgan fingerprint density at radius 2 is 0.561 bits per heavy atom. The maximum Gasteiger partial charge on any atom is 0.350 e. The number of ketones is 1. The quantitative estimate of drug-likeness (QED) is 0.0121. The van der Waals surface area contributed by atoms with Gasteiger partial charge in [-0.15, -0.1) is 0 Å². The van der Waals surface area contributed by atoms with E-state index in [1.807, 2.05) is 6.07 Å². The molecule has 4 aliphatic rings. The van der Waals surface area contributed by atoms with Crippen molar-refractivity contribution >= 4 is 235 Å². The number of nitrogens with zero attached hydrogens (tertiary/aromatic N) is 4. The van der Waals surface area contributed by atoms with Gasteiger partial charge in [0.05, 0.1) is 59.8 Å². The van der Waals surface area contributed by atoms with Crippen LogP contribution >= 0.6 is 140 Å². The molecule has 0 radical (unpaired) electrons. The van der Waals surface area contributed by atoms with Crippen LogP contribution in [-0.4, -0.2) is 204 Å². The number of carboxylic acids is 1. The van der Waals surface area contributed by atoms with Gasteiger partial charge < -0.3 is 55.4 Å². The number of carboxylic acid groups (broad SMARTS) is 1. The number of hydrogen-bond donors (Lipinski definition) is 5. The second-order valence-corrected chi connectivity index (χ2v) is 38.5. The normalized spacial score (nSPS) is 15.0. The number of Topliss-reactive ketones (excluding diaryl/α,β-unsaturated/α-hetero) is 1. The molecule has 8 amide bonds. The van der Waals surface area contributed by atoms with Gasteiger partial charge in [-0.1, -0.05) is 164 Å². The van der Waals surface area contributed by atoms with Gasteiger partial charge in [0.15, 0.2) is 0 Å². The van der Waals surface area contributed by atoms with Crippen LogP contribution in [0, 0.1) is 23.3 Å². The molecule has 0 saturated carbocycles. The van der Waals surface area contributed by atoms with E-state index in [9.17, 15) is 88.3 Å². The highest BCUT2D eigenvalue weighted by atomic mass is 35.5. The van der Waals surface area contributed by atoms with Gasteiger partial charge in [0.25, 0.3) is 36.2 Å². The molecule has 12 rings (SSSR count). The van der Waals surface area contributed by atoms with E-state index in [4.69, 9.17) is 97.9 Å². The SMILES string of the molecule is CC(=O)CC(=O)NC1CCN(C(=O)/C=C/c2ccc(Sc3ccc(F)cc3)c(Cl)c2Cl)CC1.CCOC(=O)C(F)C(=O)NC1CCN(C(=O)/C=C/c2ccc(Sc3ccc(F)cc3)c(Cl)c2Cl)CC1.CCOC(=O)C(F)C(=O)NC1CCN(C(=O)/C=C/c2ccc(Sc3ccc(F)cc3)c(Cl)c2Cl)CC1.O=C(O)C(F)C(=O)NC1CCN(C(=O)/C=C/c2ccc(Sc3ccc(F)cc3)c(Cl)c2Cl)CC1. The van der Waals surface area contributed by atoms with E-state index in [-0.39, 0.29) is 111 Å². The van der Waals surface area contributed by atoms with E-state index < -0.39 is 60.2 Å². The molecule has 3 unspecified atom stereocenters. The highest BCUT2D eigenvalue weighted by Crippen LogP contribution is 2.44. The van der Waals surface area contributed by atoms with Crippen LogP contribution in [0.4, 0.5) is 30.7 Å². The van der Waals surface area contributed by atoms with E-state index in [0.717, 1.165) is 24.5 Å². The van der Waals surface area contributed by atoms with Crippen molar-refractivity contribution in [3.8, 4) is 0 Å². The van der Waals surface area contributed by atoms with Gasteiger partial charge in [-0.3, -0.25) is 43.2 Å². The number of nitrogens with one attached hydrogen (secondary N) is 4. The van der Waals surface area contributed by atoms with Crippen LogP contribution in [0.2, 0.25) is 40.2 Å². The zero-order valence-electron chi connectivity index (χ0n) is 74.2. The number of benzene rings is 8. The predicted molar refractivity (Wildman–Crippen MR) is 526 cm³/mol. The fraction of sp³-hybridized carbons (Fsp3) is 0.299. The third kappa shape index (κ3) is 35.2. The van der Waals surface area contributed by atoms with Crippen molar-refractivity contribution < 1.29 is 103 Å². The molecule has 5 N–H and O–H groups in total. The molecule has 8 aromatic carbocycles. The molecule has 4 heterocycles. The first-order valence-corrected chi connectivity index (χ1v) is 49.3. The third-order valence-corrected chi connectivity index (χ3v) is 29.3. The number of piperidine rings is 4. The summed E-state index contributed by atoms with van der Waals surface area (Å²) < 4.78 is 102. The first kappa shape index (κ1) is 112. The van der Waals surface area contributed by atoms with Crippen LogP contribution in [-0.2, 0) is 67.0 Å². The van der Waals surface area contributed by atoms with E-state index in [1.165, 1.54) is 141 Å². The van der Waals surface area contributed by atoms with Crippen LogP contribution in [0.25, 0.3) is 24.3 Å². The van der Waals surface area contributed by atoms with Gasteiger partial charge in [-0.25, -0.2) is 45.1 Å². The number of amides is 8. The van der Waals surface area contributed by atoms with Gasteiger partial charge in [0, 0.05) is 140 Å². The number of hydrogen-bond acceptors (Lipinski definition) is 18. The monoisotopic (exact) mass is 2150 g/mol. The van der Waals surface area contributed by atoms with Gasteiger partial charge in [-0.05, 0) is 240 Å². The maximum atomic E-state index is 13.8. The van der Waals surface area contributed by atoms with Crippen molar-refractivity contribution in [1.82, 2.24) is 40.9 Å². The number of carbonyl (C=O) groups is 12. The van der Waals surface area contributed by atoms with Gasteiger partial charge in [0.1, 0.15) is 29.1 Å². The summed E-state index contributed by atoms with van der Waals surface area (Å²) in [6.07, 6.45) is 8.15. The summed E-state index contributed by atoms with van der Waals surface area (Å²) >= 11 is 56.6. The van der Waals surface area contributed by atoms with Crippen LogP contribution in [0.15, 0.2) is 209 Å². The lowest BCUT2D eigenvalue weighted by Gasteiger charge is -2.32. The van der Waals surface area contributed by atoms with Crippen molar-refractivity contribution in [1.29, 1.82) is 0 Å². The molecule has 0 bridgehead atoms. The Labute approximate surface area is 853 Å². The molecule has 3 atom stereocenters. The number of ether oxygens (including phenoxy) is 2. The average molecular weight is 2150 g/mol. The zero-order valence-corrected chi connectivity index (χ0v) is 83.5. The average Bonchev–Trinajstić information content (AvgIpc) is 0.831. The topological polar surface area (TPSA) is 305 Å². The van der Waals surface area contributed by atoms with Crippen LogP contribution in [0.3, 0.4) is 0 Å². The highest BCUT2D eigenvalue weighted by Gasteiger charge is 2.35. The van der Waals surface area contributed by atoms with E-state index in [2.05, 4.69) is 30.7 Å². The number of halogens is 15. The second kappa shape index (κ2) is 55.8. The summed E-state index contributed by atoms with van der Waals surface area (Å²) in [4.78, 5) is 154. The molecule has 23 nitrogen and oxygen atoms in total. The molecule has 0 spiro atoms. The Morgan fingerprint density at radius 3 is 0.770 bits per heavy atom. The molecule has 139 heavy (non-hydrogen) atoms. The van der Waals surface area contributed by atoms with E-state index in [0.29, 0.717) is 166 Å². The Balaban J connectivity index is 0.000000207. The molecule has 4 saturated heterocycles. The van der Waals surface area contributed by atoms with Gasteiger partial charge in [0.2, 0.25) is 29.5 Å². The minimum atomic E-state index is -2.61. The molecule has 738 valence electrons. The third-order valence-electron chi connectivity index (χ3n) is 21.0. The fourth-order valence-electron chi connectivity index (χ4n) is 13.7. The Hall–Kier alpha value is -10.2. The van der Waals surface area contributed by atoms with Crippen molar-refractivity contribution in [2.45, 2.75) is 160 Å². The minimum Gasteiger partial charge on any atom is -0.479 e. The van der Waals surface area contributed by atoms with Crippen molar-refractivity contribution in [2.24, 2.45) is 0 Å². The lowest BCUT2D eigenvalue weighted by Crippen LogP contribution is -2.49. The number of aliphatic carboxylic acids is 1. The van der Waals surface area contributed by atoms with Crippen LogP contribution in [0.5, 0.6) is 0 Å². The predicted octanol–water partition coefficient (Wildman–Crippen LogP) is 20.8. The maximum absolute atomic E-state index is 13.8. The smallest absolute Gasteiger partial charge is 0.350 e. The van der Waals surface area contributed by atoms with Gasteiger partial charge >= 0.3 is 17.9 Å². The van der Waals surface area contributed by atoms with Crippen LogP contribution < -0.4 is 21.3 Å². The minimum absolute atomic E-state index is 0.0168. The molecule has 4 fully saturated rings. The molecular weight excluding hydrogens is 2060 g/mol. The van der Waals surface area contributed by atoms with E-state index in [1.54, 1.807) is 135 Å². The second-order valence-electron chi connectivity index (χ2n) is 31.0. The Morgan fingerprint density at radius 1 is 0.345 bits per heavy atom. The standard InChI is InChI=1S/2C25H24Cl2F2N2O4S.C24H23Cl2FN2O3S.C23H20Cl2F2N2O4S/c2*1-2-35-25(34)23(29)24(33)30-17-11-13-31(14-12-17)20(32)10-4-15-3-9-19(22(27)21(15)26)36-18-7-5-16(28)6-8-18;1-15(30)14-21(31)28-18-10-12-29(13-11-18)22(32)9-3-16-2-8-20(24(26)23(16)25)33-19-6-4-17(27)5-7-19;24-19-13(1-7-17(20(19)25)34-16-5-3-14(26)4-6-16)2-8-18(30)29-11-9-15(10-12-29)28-22(31)21(27)23(32)33/h2*3-10,17,23H,2,11-14H2,1H3,(H,30,33);2-9,18H,10-14H2,1H3,(H,28,31);1-8,15,21H,9-12H2,(H,28,31)(H,32,33)/b2*10-4+;9-3+;8-2+. The summed E-state index contributed by atoms with van der Waals surface area (Å²) in [5.41, 5.74) is 2.29. The number of alkyl halides is 3. The van der Waals surface area contributed by atoms with Crippen molar-refractivity contribution in [2.75, 3.05) is 65.6 Å². The lowest BCUT2D eigenvalue weighted by molar-refractivity contribution is -0.155. The Bertz CT molecular complexity index is 5680. The summed E-state index contributed by atoms with van der Waals surface area (Å²) in [5, 5.41) is 21.2. The van der Waals surface area contributed by atoms with Gasteiger partial charge in [-0.2, -0.15) is 0 Å². The molecule has 0 aromatic heterocycles. The zero-order chi connectivity index (χ0) is 101. The van der Waals surface area contributed by atoms with Crippen molar-refractivity contribution in [3.63, 3.8) is 0 Å². The molecule has 42 heteroatoms. The Kier molecular flexibility index (Phi) is 45.2. The molecule has 0 aliphatic carbocycles. The number of rotatable bonds is 30.